The van der Waals surface area contributed by atoms with Gasteiger partial charge in [-0.15, -0.1) is 5.10 Å². The quantitative estimate of drug-likeness (QED) is 0.616. The number of hydrogen-bond donors (Lipinski definition) is 0. The van der Waals surface area contributed by atoms with Gasteiger partial charge >= 0.3 is 5.97 Å². The van der Waals surface area contributed by atoms with Gasteiger partial charge in [-0.25, -0.2) is 13.9 Å². The molecule has 21 heavy (non-hydrogen) atoms. The molecule has 114 valence electrons. The molecule has 1 unspecified atom stereocenters. The average Bonchev–Trinajstić information content (AvgIpc) is 2.84. The van der Waals surface area contributed by atoms with Crippen molar-refractivity contribution in [3.8, 4) is 0 Å². The van der Waals surface area contributed by atoms with Crippen LogP contribution in [0.4, 0.5) is 4.39 Å². The highest BCUT2D eigenvalue weighted by molar-refractivity contribution is 5.90. The molecule has 1 fully saturated rings. The number of likely N-dealkylation sites (tertiary alicyclic amines) is 1. The first kappa shape index (κ1) is 15.1. The Labute approximate surface area is 121 Å². The fourth-order valence-corrected chi connectivity index (χ4v) is 2.37. The summed E-state index contributed by atoms with van der Waals surface area (Å²) in [7, 11) is 1.28. The van der Waals surface area contributed by atoms with Crippen LogP contribution in [0, 0.1) is 0 Å². The summed E-state index contributed by atoms with van der Waals surface area (Å²) < 4.78 is 19.1. The number of aromatic nitrogens is 3. The summed E-state index contributed by atoms with van der Waals surface area (Å²) in [5, 5.41) is 7.69. The number of nitrogens with zero attached hydrogens (tertiary/aromatic N) is 4. The fourth-order valence-electron chi connectivity index (χ4n) is 2.37. The summed E-state index contributed by atoms with van der Waals surface area (Å²) in [4.78, 5) is 24.4. The van der Waals surface area contributed by atoms with Crippen LogP contribution in [-0.4, -0.2) is 52.0 Å². The number of hydrogen-bond acceptors (Lipinski definition) is 5. The van der Waals surface area contributed by atoms with Crippen molar-refractivity contribution in [2.45, 2.75) is 25.3 Å². The van der Waals surface area contributed by atoms with E-state index in [-0.39, 0.29) is 11.7 Å². The van der Waals surface area contributed by atoms with Gasteiger partial charge in [0.1, 0.15) is 0 Å². The second-order valence-corrected chi connectivity index (χ2v) is 4.86. The Hall–Kier alpha value is -2.25. The molecule has 0 N–H and O–H groups in total. The van der Waals surface area contributed by atoms with Crippen molar-refractivity contribution in [3.63, 3.8) is 0 Å². The third-order valence-electron chi connectivity index (χ3n) is 3.50. The van der Waals surface area contributed by atoms with Crippen LogP contribution < -0.4 is 0 Å². The molecule has 1 amide bonds. The molecule has 1 aliphatic rings. The number of methoxy groups -OCH3 is 1. The van der Waals surface area contributed by atoms with Crippen LogP contribution in [0.3, 0.4) is 0 Å². The lowest BCUT2D eigenvalue weighted by molar-refractivity contribution is -0.128. The van der Waals surface area contributed by atoms with Gasteiger partial charge in [-0.05, 0) is 19.3 Å². The van der Waals surface area contributed by atoms with E-state index in [1.165, 1.54) is 18.2 Å². The molecule has 1 aliphatic heterocycles. The number of rotatable bonds is 3. The van der Waals surface area contributed by atoms with Gasteiger partial charge < -0.3 is 9.64 Å². The molecule has 0 radical (unpaired) electrons. The second kappa shape index (κ2) is 6.47. The van der Waals surface area contributed by atoms with Crippen LogP contribution in [0.15, 0.2) is 18.6 Å². The number of carbonyl (C=O) groups is 2. The van der Waals surface area contributed by atoms with E-state index in [0.717, 1.165) is 12.8 Å². The Morgan fingerprint density at radius 3 is 2.86 bits per heavy atom. The first-order valence-corrected chi connectivity index (χ1v) is 6.66. The van der Waals surface area contributed by atoms with Gasteiger partial charge in [0.25, 0.3) is 5.91 Å². The molecular formula is C13H17FN4O3. The molecule has 1 aromatic heterocycles. The SMILES string of the molecule is C=C(F)C(=O)N1CCCC(n2cc(C(=O)OC)nn2)CC1. The lowest BCUT2D eigenvalue weighted by atomic mass is 10.1. The summed E-state index contributed by atoms with van der Waals surface area (Å²) >= 11 is 0. The zero-order valence-electron chi connectivity index (χ0n) is 11.8. The third-order valence-corrected chi connectivity index (χ3v) is 3.50. The van der Waals surface area contributed by atoms with E-state index >= 15 is 0 Å². The topological polar surface area (TPSA) is 77.3 Å². The van der Waals surface area contributed by atoms with Crippen molar-refractivity contribution < 1.29 is 18.7 Å². The predicted octanol–water partition coefficient (Wildman–Crippen LogP) is 1.10. The first-order chi connectivity index (χ1) is 10.0. The number of carbonyl (C=O) groups excluding carboxylic acids is 2. The predicted molar refractivity (Wildman–Crippen MR) is 71.1 cm³/mol. The third kappa shape index (κ3) is 3.45. The molecule has 1 saturated heterocycles. The lowest BCUT2D eigenvalue weighted by Gasteiger charge is -2.19. The summed E-state index contributed by atoms with van der Waals surface area (Å²) in [5.74, 6) is -2.15. The summed E-state index contributed by atoms with van der Waals surface area (Å²) in [6.07, 6.45) is 3.63. The van der Waals surface area contributed by atoms with Crippen LogP contribution in [0.5, 0.6) is 0 Å². The van der Waals surface area contributed by atoms with E-state index in [4.69, 9.17) is 0 Å². The average molecular weight is 296 g/mol. The molecule has 0 aliphatic carbocycles. The monoisotopic (exact) mass is 296 g/mol. The molecule has 7 nitrogen and oxygen atoms in total. The fraction of sp³-hybridized carbons (Fsp3) is 0.538. The minimum absolute atomic E-state index is 0.0154. The minimum Gasteiger partial charge on any atom is -0.464 e. The minimum atomic E-state index is -0.942. The highest BCUT2D eigenvalue weighted by atomic mass is 19.1. The van der Waals surface area contributed by atoms with Crippen molar-refractivity contribution in [2.24, 2.45) is 0 Å². The maximum Gasteiger partial charge on any atom is 0.360 e. The zero-order valence-corrected chi connectivity index (χ0v) is 11.8. The van der Waals surface area contributed by atoms with Crippen LogP contribution in [-0.2, 0) is 9.53 Å². The van der Waals surface area contributed by atoms with Crippen LogP contribution in [0.1, 0.15) is 35.8 Å². The Balaban J connectivity index is 2.03. The highest BCUT2D eigenvalue weighted by Gasteiger charge is 2.24. The molecule has 0 spiro atoms. The maximum atomic E-state index is 12.9. The van der Waals surface area contributed by atoms with Gasteiger partial charge in [0.15, 0.2) is 11.5 Å². The zero-order chi connectivity index (χ0) is 15.4. The number of halogens is 1. The molecule has 0 bridgehead atoms. The van der Waals surface area contributed by atoms with Gasteiger partial charge in [-0.1, -0.05) is 11.8 Å². The van der Waals surface area contributed by atoms with E-state index in [1.54, 1.807) is 4.68 Å². The van der Waals surface area contributed by atoms with Crippen molar-refractivity contribution in [1.82, 2.24) is 19.9 Å². The lowest BCUT2D eigenvalue weighted by Crippen LogP contribution is -2.32. The normalized spacial score (nSPS) is 19.0. The Kier molecular flexibility index (Phi) is 4.66. The molecule has 0 saturated carbocycles. The van der Waals surface area contributed by atoms with Gasteiger partial charge in [-0.2, -0.15) is 0 Å². The summed E-state index contributed by atoms with van der Waals surface area (Å²) in [6, 6.07) is 0.0154. The van der Waals surface area contributed by atoms with E-state index < -0.39 is 17.7 Å². The summed E-state index contributed by atoms with van der Waals surface area (Å²) in [6.45, 7) is 3.93. The Bertz CT molecular complexity index is 557. The van der Waals surface area contributed by atoms with E-state index in [9.17, 15) is 14.0 Å². The molecular weight excluding hydrogens is 279 g/mol. The summed E-state index contributed by atoms with van der Waals surface area (Å²) in [5.41, 5.74) is 0.145. The van der Waals surface area contributed by atoms with Crippen molar-refractivity contribution in [1.29, 1.82) is 0 Å². The highest BCUT2D eigenvalue weighted by Crippen LogP contribution is 2.22. The number of ether oxygens (including phenoxy) is 1. The van der Waals surface area contributed by atoms with E-state index in [2.05, 4.69) is 21.6 Å². The smallest absolute Gasteiger partial charge is 0.360 e. The number of esters is 1. The Morgan fingerprint density at radius 2 is 2.19 bits per heavy atom. The van der Waals surface area contributed by atoms with Crippen molar-refractivity contribution in [3.05, 3.63) is 24.3 Å². The first-order valence-electron chi connectivity index (χ1n) is 6.66. The van der Waals surface area contributed by atoms with Crippen LogP contribution in [0.2, 0.25) is 0 Å². The maximum absolute atomic E-state index is 12.9. The molecule has 1 aromatic rings. The van der Waals surface area contributed by atoms with E-state index in [1.807, 2.05) is 0 Å². The van der Waals surface area contributed by atoms with Crippen molar-refractivity contribution in [2.75, 3.05) is 20.2 Å². The van der Waals surface area contributed by atoms with Crippen molar-refractivity contribution >= 4 is 11.9 Å². The van der Waals surface area contributed by atoms with Crippen LogP contribution >= 0.6 is 0 Å². The Morgan fingerprint density at radius 1 is 1.43 bits per heavy atom. The van der Waals surface area contributed by atoms with Crippen LogP contribution in [0.25, 0.3) is 0 Å². The molecule has 2 rings (SSSR count). The van der Waals surface area contributed by atoms with Gasteiger partial charge in [0.05, 0.1) is 19.3 Å². The molecule has 8 heteroatoms. The second-order valence-electron chi connectivity index (χ2n) is 4.86. The number of amides is 1. The largest absolute Gasteiger partial charge is 0.464 e. The van der Waals surface area contributed by atoms with Gasteiger partial charge in [-0.3, -0.25) is 4.79 Å². The molecule has 1 atom stereocenters. The molecule has 0 aromatic carbocycles. The van der Waals surface area contributed by atoms with Gasteiger partial charge in [0.2, 0.25) is 0 Å². The molecule has 2 heterocycles. The van der Waals surface area contributed by atoms with Gasteiger partial charge in [0, 0.05) is 13.1 Å². The standard InChI is InChI=1S/C13H17FN4O3/c1-9(14)12(19)17-6-3-4-10(5-7-17)18-8-11(15-16-18)13(20)21-2/h8,10H,1,3-7H2,2H3. The van der Waals surface area contributed by atoms with E-state index in [0.29, 0.717) is 19.5 Å².